The van der Waals surface area contributed by atoms with Crippen molar-refractivity contribution in [3.63, 3.8) is 0 Å². The first-order chi connectivity index (χ1) is 13.9. The predicted molar refractivity (Wildman–Crippen MR) is 110 cm³/mol. The Labute approximate surface area is 171 Å². The molecule has 0 aromatic heterocycles. The Hall–Kier alpha value is -1.91. The van der Waals surface area contributed by atoms with Crippen LogP contribution in [0.2, 0.25) is 0 Å². The molecular formula is C25H29FO3. The fourth-order valence-electron chi connectivity index (χ4n) is 7.02. The molecule has 2 aromatic rings. The Balaban J connectivity index is 1.70. The zero-order valence-corrected chi connectivity index (χ0v) is 17.0. The van der Waals surface area contributed by atoms with Crippen LogP contribution in [0.15, 0.2) is 48.5 Å². The second kappa shape index (κ2) is 6.82. The highest BCUT2D eigenvalue weighted by Gasteiger charge is 2.62. The fourth-order valence-corrected chi connectivity index (χ4v) is 7.02. The van der Waals surface area contributed by atoms with Crippen molar-refractivity contribution in [1.29, 1.82) is 0 Å². The van der Waals surface area contributed by atoms with Crippen LogP contribution in [-0.2, 0) is 11.2 Å². The summed E-state index contributed by atoms with van der Waals surface area (Å²) >= 11 is 0. The third-order valence-electron chi connectivity index (χ3n) is 7.98. The summed E-state index contributed by atoms with van der Waals surface area (Å²) in [6.07, 6.45) is -0.00967. The van der Waals surface area contributed by atoms with Crippen molar-refractivity contribution in [2.45, 2.75) is 56.4 Å². The maximum absolute atomic E-state index is 15.8. The number of phenolic OH excluding ortho intramolecular Hbond substituents is 1. The van der Waals surface area contributed by atoms with Gasteiger partial charge in [-0.05, 0) is 71.3 Å². The van der Waals surface area contributed by atoms with Gasteiger partial charge < -0.3 is 14.9 Å². The minimum Gasteiger partial charge on any atom is -0.508 e. The average molecular weight is 397 g/mol. The lowest BCUT2D eigenvalue weighted by atomic mass is 9.51. The van der Waals surface area contributed by atoms with E-state index in [-0.39, 0.29) is 40.9 Å². The molecule has 0 bridgehead atoms. The minimum absolute atomic E-state index is 0.0466. The first kappa shape index (κ1) is 19.1. The summed E-state index contributed by atoms with van der Waals surface area (Å²) in [5.74, 6) is 0.250. The van der Waals surface area contributed by atoms with Gasteiger partial charge in [-0.2, -0.15) is 0 Å². The summed E-state index contributed by atoms with van der Waals surface area (Å²) in [6.45, 7) is 2.14. The minimum atomic E-state index is -0.973. The highest BCUT2D eigenvalue weighted by atomic mass is 19.1. The SMILES string of the molecule is CO[C@@H]1[C@H]2[C@H]3[C@@H](c4ccc(O)cc4C[C@H]3c3ccccc3)[C@@H](F)C[C@]2(C)C[C@@H]1O. The van der Waals surface area contributed by atoms with Crippen LogP contribution in [0.4, 0.5) is 4.39 Å². The number of hydrogen-bond acceptors (Lipinski definition) is 3. The molecule has 0 radical (unpaired) electrons. The van der Waals surface area contributed by atoms with Crippen molar-refractivity contribution in [1.82, 2.24) is 0 Å². The van der Waals surface area contributed by atoms with Crippen molar-refractivity contribution >= 4 is 0 Å². The van der Waals surface area contributed by atoms with E-state index in [4.69, 9.17) is 4.74 Å². The molecule has 2 fully saturated rings. The van der Waals surface area contributed by atoms with E-state index >= 15 is 4.39 Å². The molecule has 8 atom stereocenters. The van der Waals surface area contributed by atoms with Gasteiger partial charge in [-0.15, -0.1) is 0 Å². The highest BCUT2D eigenvalue weighted by molar-refractivity contribution is 5.44. The van der Waals surface area contributed by atoms with Crippen LogP contribution in [0.3, 0.4) is 0 Å². The molecule has 154 valence electrons. The molecule has 3 aliphatic rings. The zero-order valence-electron chi connectivity index (χ0n) is 17.0. The molecule has 4 heteroatoms. The summed E-state index contributed by atoms with van der Waals surface area (Å²) in [6, 6.07) is 15.7. The van der Waals surface area contributed by atoms with E-state index in [9.17, 15) is 10.2 Å². The first-order valence-corrected chi connectivity index (χ1v) is 10.6. The molecule has 2 saturated carbocycles. The molecule has 0 unspecified atom stereocenters. The van der Waals surface area contributed by atoms with Gasteiger partial charge in [-0.3, -0.25) is 0 Å². The Kier molecular flexibility index (Phi) is 4.48. The van der Waals surface area contributed by atoms with Crippen LogP contribution in [0.5, 0.6) is 5.75 Å². The van der Waals surface area contributed by atoms with Gasteiger partial charge in [0.1, 0.15) is 11.9 Å². The average Bonchev–Trinajstić information content (AvgIpc) is 2.96. The lowest BCUT2D eigenvalue weighted by Gasteiger charge is -2.54. The van der Waals surface area contributed by atoms with E-state index in [0.717, 1.165) is 17.5 Å². The number of benzene rings is 2. The van der Waals surface area contributed by atoms with Crippen LogP contribution >= 0.6 is 0 Å². The molecule has 0 spiro atoms. The number of rotatable bonds is 2. The molecule has 0 amide bonds. The largest absolute Gasteiger partial charge is 0.508 e. The lowest BCUT2D eigenvalue weighted by molar-refractivity contribution is -0.0778. The maximum Gasteiger partial charge on any atom is 0.115 e. The van der Waals surface area contributed by atoms with E-state index in [1.165, 1.54) is 5.56 Å². The third kappa shape index (κ3) is 2.83. The van der Waals surface area contributed by atoms with Gasteiger partial charge in [0.05, 0.1) is 12.2 Å². The predicted octanol–water partition coefficient (Wildman–Crippen LogP) is 4.58. The number of aliphatic hydroxyl groups excluding tert-OH is 1. The summed E-state index contributed by atoms with van der Waals surface area (Å²) in [5, 5.41) is 20.8. The monoisotopic (exact) mass is 396 g/mol. The molecule has 0 aliphatic heterocycles. The van der Waals surface area contributed by atoms with E-state index in [2.05, 4.69) is 19.1 Å². The number of ether oxygens (including phenoxy) is 1. The van der Waals surface area contributed by atoms with Crippen LogP contribution < -0.4 is 0 Å². The third-order valence-corrected chi connectivity index (χ3v) is 7.98. The second-order valence-corrected chi connectivity index (χ2v) is 9.58. The van der Waals surface area contributed by atoms with Crippen molar-refractivity contribution < 1.29 is 19.3 Å². The highest BCUT2D eigenvalue weighted by Crippen LogP contribution is 2.64. The van der Waals surface area contributed by atoms with Gasteiger partial charge in [0.15, 0.2) is 0 Å². The van der Waals surface area contributed by atoms with Gasteiger partial charge in [0.25, 0.3) is 0 Å². The zero-order chi connectivity index (χ0) is 20.3. The standard InChI is InChI=1S/C25H29FO3/c1-25-12-19(26)21-17-9-8-16(27)10-15(17)11-18(14-6-4-3-5-7-14)22(21)23(25)24(29-2)20(28)13-25/h3-10,18-24,27-28H,11-13H2,1-2H3/t18-,19-,20-,21-,22+,23+,24-,25+/m0/s1. The number of alkyl halides is 1. The summed E-state index contributed by atoms with van der Waals surface area (Å²) in [4.78, 5) is 0. The van der Waals surface area contributed by atoms with E-state index in [1.54, 1.807) is 19.2 Å². The molecule has 5 rings (SSSR count). The van der Waals surface area contributed by atoms with Crippen LogP contribution in [0.25, 0.3) is 0 Å². The summed E-state index contributed by atoms with van der Waals surface area (Å²) < 4.78 is 21.7. The molecule has 29 heavy (non-hydrogen) atoms. The second-order valence-electron chi connectivity index (χ2n) is 9.58. The van der Waals surface area contributed by atoms with E-state index in [0.29, 0.717) is 12.8 Å². The normalized spacial score (nSPS) is 40.8. The molecule has 0 saturated heterocycles. The molecule has 3 aliphatic carbocycles. The van der Waals surface area contributed by atoms with Gasteiger partial charge in [0.2, 0.25) is 0 Å². The fraction of sp³-hybridized carbons (Fsp3) is 0.520. The Morgan fingerprint density at radius 3 is 2.59 bits per heavy atom. The Bertz CT molecular complexity index is 900. The summed E-state index contributed by atoms with van der Waals surface area (Å²) in [5.41, 5.74) is 2.98. The van der Waals surface area contributed by atoms with Crippen LogP contribution in [0, 0.1) is 17.3 Å². The van der Waals surface area contributed by atoms with Gasteiger partial charge in [0, 0.05) is 13.0 Å². The van der Waals surface area contributed by atoms with Gasteiger partial charge in [-0.1, -0.05) is 43.3 Å². The lowest BCUT2D eigenvalue weighted by Crippen LogP contribution is -2.51. The number of hydrogen-bond donors (Lipinski definition) is 2. The van der Waals surface area contributed by atoms with E-state index < -0.39 is 12.3 Å². The van der Waals surface area contributed by atoms with Crippen molar-refractivity contribution in [3.05, 3.63) is 65.2 Å². The maximum atomic E-state index is 15.8. The smallest absolute Gasteiger partial charge is 0.115 e. The van der Waals surface area contributed by atoms with Crippen molar-refractivity contribution in [3.8, 4) is 5.75 Å². The van der Waals surface area contributed by atoms with Gasteiger partial charge in [-0.25, -0.2) is 4.39 Å². The molecule has 2 N–H and O–H groups in total. The van der Waals surface area contributed by atoms with Crippen LogP contribution in [-0.4, -0.2) is 35.7 Å². The molecular weight excluding hydrogens is 367 g/mol. The number of methoxy groups -OCH3 is 1. The Morgan fingerprint density at radius 1 is 1.10 bits per heavy atom. The number of phenols is 1. The van der Waals surface area contributed by atoms with Crippen LogP contribution in [0.1, 0.15) is 48.3 Å². The van der Waals surface area contributed by atoms with E-state index in [1.807, 2.05) is 24.3 Å². The first-order valence-electron chi connectivity index (χ1n) is 10.6. The van der Waals surface area contributed by atoms with Crippen molar-refractivity contribution in [2.75, 3.05) is 7.11 Å². The molecule has 3 nitrogen and oxygen atoms in total. The quantitative estimate of drug-likeness (QED) is 0.781. The van der Waals surface area contributed by atoms with Gasteiger partial charge >= 0.3 is 0 Å². The Morgan fingerprint density at radius 2 is 1.86 bits per heavy atom. The number of aromatic hydroxyl groups is 1. The number of halogens is 1. The number of aliphatic hydroxyl groups is 1. The number of fused-ring (bicyclic) bond motifs is 5. The van der Waals surface area contributed by atoms with Crippen molar-refractivity contribution in [2.24, 2.45) is 17.3 Å². The topological polar surface area (TPSA) is 49.7 Å². The summed E-state index contributed by atoms with van der Waals surface area (Å²) in [7, 11) is 1.67. The molecule has 0 heterocycles. The molecule has 2 aromatic carbocycles.